The van der Waals surface area contributed by atoms with E-state index in [2.05, 4.69) is 44.4 Å². The maximum Gasteiger partial charge on any atom is 0.180 e. The maximum atomic E-state index is 11.8. The lowest BCUT2D eigenvalue weighted by atomic mass is 9.96. The minimum absolute atomic E-state index is 0.0693. The molecule has 2 N–H and O–H groups in total. The van der Waals surface area contributed by atoms with E-state index in [1.165, 1.54) is 77.0 Å². The van der Waals surface area contributed by atoms with Gasteiger partial charge in [0.25, 0.3) is 0 Å². The highest BCUT2D eigenvalue weighted by Gasteiger charge is 2.22. The molecule has 0 saturated heterocycles. The Morgan fingerprint density at radius 1 is 0.517 bits per heavy atom. The summed E-state index contributed by atoms with van der Waals surface area (Å²) in [5, 5.41) is 23.6. The van der Waals surface area contributed by atoms with Gasteiger partial charge in [0.05, 0.1) is 30.0 Å². The van der Waals surface area contributed by atoms with Crippen molar-refractivity contribution in [1.82, 2.24) is 19.5 Å². The van der Waals surface area contributed by atoms with Crippen LogP contribution in [0.25, 0.3) is 34.3 Å². The van der Waals surface area contributed by atoms with Crippen LogP contribution in [0.1, 0.15) is 147 Å². The Kier molecular flexibility index (Phi) is 18.8. The van der Waals surface area contributed by atoms with Gasteiger partial charge >= 0.3 is 0 Å². The van der Waals surface area contributed by atoms with Crippen LogP contribution in [0, 0.1) is 25.7 Å². The van der Waals surface area contributed by atoms with Crippen LogP contribution in [0.2, 0.25) is 0 Å². The molecule has 5 rings (SSSR count). The molecule has 5 aromatic rings. The number of unbranched alkanes of at least 4 members (excludes halogenated alkanes) is 8. The van der Waals surface area contributed by atoms with Crippen molar-refractivity contribution in [3.05, 3.63) is 89.6 Å². The topological polar surface area (TPSA) is 103 Å². The minimum Gasteiger partial charge on any atom is -0.507 e. The number of phenols is 2. The van der Waals surface area contributed by atoms with E-state index in [0.717, 1.165) is 36.9 Å². The summed E-state index contributed by atoms with van der Waals surface area (Å²) in [6, 6.07) is 21.8. The smallest absolute Gasteiger partial charge is 0.180 e. The van der Waals surface area contributed by atoms with Gasteiger partial charge in [-0.1, -0.05) is 135 Å². The molecule has 0 spiro atoms. The van der Waals surface area contributed by atoms with Crippen LogP contribution in [0.15, 0.2) is 72.9 Å². The van der Waals surface area contributed by atoms with E-state index in [0.29, 0.717) is 82.8 Å². The zero-order valence-corrected chi connectivity index (χ0v) is 37.5. The average Bonchev–Trinajstić information content (AvgIpc) is 3.73. The van der Waals surface area contributed by atoms with E-state index in [-0.39, 0.29) is 11.5 Å². The summed E-state index contributed by atoms with van der Waals surface area (Å²) >= 11 is 0. The molecule has 8 heteroatoms. The second kappa shape index (κ2) is 24.4. The quantitative estimate of drug-likeness (QED) is 0.0509. The van der Waals surface area contributed by atoms with Crippen LogP contribution in [0.3, 0.4) is 0 Å². The molecule has 0 fully saturated rings. The molecule has 0 aliphatic heterocycles. The molecule has 3 aromatic carbocycles. The highest BCUT2D eigenvalue weighted by Crippen LogP contribution is 2.40. The Morgan fingerprint density at radius 2 is 0.983 bits per heavy atom. The number of benzene rings is 3. The van der Waals surface area contributed by atoms with Crippen molar-refractivity contribution in [1.29, 1.82) is 0 Å². The summed E-state index contributed by atoms with van der Waals surface area (Å²) < 4.78 is 15.0. The molecule has 2 atom stereocenters. The van der Waals surface area contributed by atoms with Crippen LogP contribution < -0.4 is 9.47 Å². The standard InChI is InChI=1S/C52H72N4O4/c1-7-11-15-18-27-41(23-13-9-3)36-59-46-32-30-43(48(57)38(46)5)50-53-51(55-52(54-50)45-29-22-34-56(45)35-40-25-20-17-21-26-40)44-31-33-47(39(6)49(44)58)60-37-42(24-14-10-4)28-19-16-12-8-2/h17,20-22,25-26,29-34,41-42,57-58H,7-16,18-19,23-24,27-28,35-37H2,1-6H3. The highest BCUT2D eigenvalue weighted by molar-refractivity contribution is 5.74. The van der Waals surface area contributed by atoms with Gasteiger partial charge in [0, 0.05) is 23.9 Å². The van der Waals surface area contributed by atoms with Gasteiger partial charge in [-0.15, -0.1) is 0 Å². The second-order valence-electron chi connectivity index (χ2n) is 16.8. The number of hydrogen-bond acceptors (Lipinski definition) is 7. The zero-order chi connectivity index (χ0) is 42.7. The number of ether oxygens (including phenoxy) is 2. The molecular formula is C52H72N4O4. The van der Waals surface area contributed by atoms with Gasteiger partial charge in [0.1, 0.15) is 23.0 Å². The summed E-state index contributed by atoms with van der Waals surface area (Å²) in [5.74, 6) is 3.49. The molecule has 0 bridgehead atoms. The Morgan fingerprint density at radius 3 is 1.47 bits per heavy atom. The third-order valence-corrected chi connectivity index (χ3v) is 11.9. The van der Waals surface area contributed by atoms with E-state index in [1.807, 2.05) is 74.6 Å². The SMILES string of the molecule is CCCCCCC(CCCC)COc1ccc(-c2nc(-c3ccc(OCC(CCCC)CCCCCC)c(C)c3O)nc(-c3cccn3Cc3ccccc3)n2)c(O)c1C. The van der Waals surface area contributed by atoms with Crippen LogP contribution in [-0.4, -0.2) is 42.9 Å². The van der Waals surface area contributed by atoms with Crippen molar-refractivity contribution < 1.29 is 19.7 Å². The van der Waals surface area contributed by atoms with Gasteiger partial charge in [-0.05, 0) is 93.3 Å². The Bertz CT molecular complexity index is 1920. The fourth-order valence-corrected chi connectivity index (χ4v) is 8.05. The van der Waals surface area contributed by atoms with Crippen LogP contribution >= 0.6 is 0 Å². The summed E-state index contributed by atoms with van der Waals surface area (Å²) in [6.45, 7) is 14.6. The van der Waals surface area contributed by atoms with Gasteiger partial charge < -0.3 is 24.3 Å². The number of aromatic hydroxyl groups is 2. The largest absolute Gasteiger partial charge is 0.507 e. The number of rotatable bonds is 27. The van der Waals surface area contributed by atoms with E-state index >= 15 is 0 Å². The third-order valence-electron chi connectivity index (χ3n) is 11.9. The molecule has 2 heterocycles. The molecule has 0 aliphatic carbocycles. The third kappa shape index (κ3) is 13.1. The second-order valence-corrected chi connectivity index (χ2v) is 16.8. The Hall–Kier alpha value is -4.85. The first-order valence-electron chi connectivity index (χ1n) is 23.1. The fourth-order valence-electron chi connectivity index (χ4n) is 8.05. The Balaban J connectivity index is 1.48. The van der Waals surface area contributed by atoms with Gasteiger partial charge in [0.2, 0.25) is 0 Å². The predicted octanol–water partition coefficient (Wildman–Crippen LogP) is 14.1. The molecule has 2 unspecified atom stereocenters. The van der Waals surface area contributed by atoms with Gasteiger partial charge in [0.15, 0.2) is 17.5 Å². The molecule has 2 aromatic heterocycles. The lowest BCUT2D eigenvalue weighted by Gasteiger charge is -2.20. The summed E-state index contributed by atoms with van der Waals surface area (Å²) in [4.78, 5) is 14.9. The monoisotopic (exact) mass is 817 g/mol. The van der Waals surface area contributed by atoms with E-state index in [4.69, 9.17) is 24.4 Å². The van der Waals surface area contributed by atoms with Crippen molar-refractivity contribution >= 4 is 0 Å². The number of phenolic OH excluding ortho intramolecular Hbond substituents is 2. The predicted molar refractivity (Wildman–Crippen MR) is 247 cm³/mol. The normalized spacial score (nSPS) is 12.4. The van der Waals surface area contributed by atoms with Crippen molar-refractivity contribution in [3.8, 4) is 57.3 Å². The first-order chi connectivity index (χ1) is 29.3. The van der Waals surface area contributed by atoms with Crippen molar-refractivity contribution in [2.45, 2.75) is 151 Å². The van der Waals surface area contributed by atoms with Crippen molar-refractivity contribution in [2.24, 2.45) is 11.8 Å². The van der Waals surface area contributed by atoms with Crippen LogP contribution in [0.4, 0.5) is 0 Å². The van der Waals surface area contributed by atoms with Crippen LogP contribution in [0.5, 0.6) is 23.0 Å². The fraction of sp³-hybridized carbons (Fsp3) is 0.519. The molecule has 324 valence electrons. The van der Waals surface area contributed by atoms with E-state index in [9.17, 15) is 10.2 Å². The highest BCUT2D eigenvalue weighted by atomic mass is 16.5. The summed E-state index contributed by atoms with van der Waals surface area (Å²) in [6.07, 6.45) is 21.3. The van der Waals surface area contributed by atoms with Gasteiger partial charge in [-0.25, -0.2) is 15.0 Å². The lowest BCUT2D eigenvalue weighted by Crippen LogP contribution is -2.13. The molecular weight excluding hydrogens is 745 g/mol. The number of aromatic nitrogens is 4. The van der Waals surface area contributed by atoms with Crippen molar-refractivity contribution in [2.75, 3.05) is 13.2 Å². The van der Waals surface area contributed by atoms with Crippen LogP contribution in [-0.2, 0) is 6.54 Å². The number of hydrogen-bond donors (Lipinski definition) is 2. The van der Waals surface area contributed by atoms with Crippen molar-refractivity contribution in [3.63, 3.8) is 0 Å². The minimum atomic E-state index is 0.0693. The molecule has 0 saturated carbocycles. The van der Waals surface area contributed by atoms with Gasteiger partial charge in [-0.3, -0.25) is 0 Å². The van der Waals surface area contributed by atoms with E-state index in [1.54, 1.807) is 0 Å². The average molecular weight is 817 g/mol. The summed E-state index contributed by atoms with van der Waals surface area (Å²) in [5.41, 5.74) is 4.18. The summed E-state index contributed by atoms with van der Waals surface area (Å²) in [7, 11) is 0. The maximum absolute atomic E-state index is 11.8. The number of nitrogens with zero attached hydrogens (tertiary/aromatic N) is 4. The molecule has 8 nitrogen and oxygen atoms in total. The molecule has 60 heavy (non-hydrogen) atoms. The van der Waals surface area contributed by atoms with E-state index < -0.39 is 0 Å². The zero-order valence-electron chi connectivity index (χ0n) is 37.5. The Labute approximate surface area is 360 Å². The first kappa shape index (κ1) is 46.2. The molecule has 0 radical (unpaired) electrons. The lowest BCUT2D eigenvalue weighted by molar-refractivity contribution is 0.223. The first-order valence-corrected chi connectivity index (χ1v) is 23.1. The molecule has 0 amide bonds. The molecule has 0 aliphatic rings. The van der Waals surface area contributed by atoms with Gasteiger partial charge in [-0.2, -0.15) is 0 Å².